The summed E-state index contributed by atoms with van der Waals surface area (Å²) in [6.07, 6.45) is 0. The van der Waals surface area contributed by atoms with E-state index in [-0.39, 0.29) is 23.5 Å². The molecule has 0 aliphatic rings. The van der Waals surface area contributed by atoms with Crippen LogP contribution in [0.25, 0.3) is 0 Å². The lowest BCUT2D eigenvalue weighted by atomic mass is 9.95. The Morgan fingerprint density at radius 3 is 2.60 bits per heavy atom. The Kier molecular flexibility index (Phi) is 5.29. The summed E-state index contributed by atoms with van der Waals surface area (Å²) in [5.41, 5.74) is 0.596. The molecule has 0 atom stereocenters. The highest BCUT2D eigenvalue weighted by atomic mass is 19.1. The highest BCUT2D eigenvalue weighted by Crippen LogP contribution is 2.18. The maximum absolute atomic E-state index is 13.4. The van der Waals surface area contributed by atoms with Crippen LogP contribution in [0.4, 0.5) is 4.39 Å². The largest absolute Gasteiger partial charge is 0.384 e. The van der Waals surface area contributed by atoms with Crippen molar-refractivity contribution in [1.29, 1.82) is 0 Å². The van der Waals surface area contributed by atoms with E-state index in [1.165, 1.54) is 18.2 Å². The summed E-state index contributed by atoms with van der Waals surface area (Å²) in [4.78, 5) is 13.9. The summed E-state index contributed by atoms with van der Waals surface area (Å²) < 4.78 is 13.4. The first-order chi connectivity index (χ1) is 9.24. The standard InChI is InChI=1S/C16H20FNO2/c1-16(2,3)11-18(4)15(20)14-10-13(17)8-7-12(14)6-5-9-19/h7-8,10,19H,9,11H2,1-4H3. The van der Waals surface area contributed by atoms with Crippen LogP contribution in [0.15, 0.2) is 18.2 Å². The van der Waals surface area contributed by atoms with Crippen molar-refractivity contribution in [2.75, 3.05) is 20.2 Å². The van der Waals surface area contributed by atoms with Crippen LogP contribution >= 0.6 is 0 Å². The van der Waals surface area contributed by atoms with Crippen molar-refractivity contribution in [3.63, 3.8) is 0 Å². The van der Waals surface area contributed by atoms with E-state index in [2.05, 4.69) is 11.8 Å². The topological polar surface area (TPSA) is 40.5 Å². The van der Waals surface area contributed by atoms with Crippen molar-refractivity contribution in [3.05, 3.63) is 35.1 Å². The van der Waals surface area contributed by atoms with Crippen LogP contribution in [0.5, 0.6) is 0 Å². The third kappa shape index (κ3) is 4.67. The van der Waals surface area contributed by atoms with E-state index in [0.717, 1.165) is 0 Å². The summed E-state index contributed by atoms with van der Waals surface area (Å²) in [5, 5.41) is 8.73. The molecule has 1 aromatic carbocycles. The molecule has 1 N–H and O–H groups in total. The van der Waals surface area contributed by atoms with E-state index in [1.807, 2.05) is 20.8 Å². The number of hydrogen-bond donors (Lipinski definition) is 1. The monoisotopic (exact) mass is 277 g/mol. The van der Waals surface area contributed by atoms with E-state index < -0.39 is 5.82 Å². The van der Waals surface area contributed by atoms with Gasteiger partial charge in [-0.15, -0.1) is 0 Å². The zero-order chi connectivity index (χ0) is 15.3. The first-order valence-corrected chi connectivity index (χ1v) is 6.39. The molecule has 1 amide bonds. The van der Waals surface area contributed by atoms with Crippen LogP contribution in [0.2, 0.25) is 0 Å². The number of carbonyl (C=O) groups is 1. The van der Waals surface area contributed by atoms with Gasteiger partial charge in [0.25, 0.3) is 5.91 Å². The van der Waals surface area contributed by atoms with Gasteiger partial charge in [0.05, 0.1) is 5.56 Å². The number of benzene rings is 1. The van der Waals surface area contributed by atoms with Gasteiger partial charge in [0, 0.05) is 19.2 Å². The predicted octanol–water partition coefficient (Wildman–Crippen LogP) is 2.29. The molecule has 1 rings (SSSR count). The van der Waals surface area contributed by atoms with Crippen molar-refractivity contribution in [3.8, 4) is 11.8 Å². The molecule has 0 saturated carbocycles. The van der Waals surface area contributed by atoms with Gasteiger partial charge in [0.15, 0.2) is 0 Å². The molecule has 1 aromatic rings. The Hall–Kier alpha value is -1.86. The van der Waals surface area contributed by atoms with Gasteiger partial charge in [-0.2, -0.15) is 0 Å². The number of amides is 1. The van der Waals surface area contributed by atoms with Gasteiger partial charge in [-0.3, -0.25) is 4.79 Å². The van der Waals surface area contributed by atoms with Crippen LogP contribution in [-0.2, 0) is 0 Å². The Labute approximate surface area is 119 Å². The Morgan fingerprint density at radius 2 is 2.05 bits per heavy atom. The smallest absolute Gasteiger partial charge is 0.254 e. The third-order valence-electron chi connectivity index (χ3n) is 2.57. The highest BCUT2D eigenvalue weighted by molar-refractivity contribution is 5.96. The molecule has 0 radical (unpaired) electrons. The summed E-state index contributed by atoms with van der Waals surface area (Å²) in [6.45, 7) is 6.32. The summed E-state index contributed by atoms with van der Waals surface area (Å²) in [7, 11) is 1.68. The fraction of sp³-hybridized carbons (Fsp3) is 0.438. The molecule has 4 heteroatoms. The second-order valence-electron chi connectivity index (χ2n) is 5.87. The van der Waals surface area contributed by atoms with E-state index >= 15 is 0 Å². The summed E-state index contributed by atoms with van der Waals surface area (Å²) in [5.74, 6) is 4.40. The van der Waals surface area contributed by atoms with E-state index in [0.29, 0.717) is 12.1 Å². The minimum atomic E-state index is -0.480. The van der Waals surface area contributed by atoms with Crippen molar-refractivity contribution in [2.45, 2.75) is 20.8 Å². The normalized spacial score (nSPS) is 10.7. The number of halogens is 1. The molecule has 0 spiro atoms. The zero-order valence-electron chi connectivity index (χ0n) is 12.3. The number of hydrogen-bond acceptors (Lipinski definition) is 2. The van der Waals surface area contributed by atoms with E-state index in [1.54, 1.807) is 11.9 Å². The SMILES string of the molecule is CN(CC(C)(C)C)C(=O)c1cc(F)ccc1C#CCO. The maximum atomic E-state index is 13.4. The van der Waals surface area contributed by atoms with Gasteiger partial charge in [-0.1, -0.05) is 32.6 Å². The molecule has 0 aromatic heterocycles. The van der Waals surface area contributed by atoms with Crippen LogP contribution < -0.4 is 0 Å². The first kappa shape index (κ1) is 16.2. The lowest BCUT2D eigenvalue weighted by Crippen LogP contribution is -2.34. The minimum absolute atomic E-state index is 0.0469. The number of aliphatic hydroxyl groups excluding tert-OH is 1. The van der Waals surface area contributed by atoms with Crippen molar-refractivity contribution in [1.82, 2.24) is 4.90 Å². The van der Waals surface area contributed by atoms with Crippen molar-refractivity contribution >= 4 is 5.91 Å². The maximum Gasteiger partial charge on any atom is 0.254 e. The third-order valence-corrected chi connectivity index (χ3v) is 2.57. The van der Waals surface area contributed by atoms with Crippen molar-refractivity contribution < 1.29 is 14.3 Å². The van der Waals surface area contributed by atoms with Crippen LogP contribution in [0, 0.1) is 23.1 Å². The molecular formula is C16H20FNO2. The summed E-state index contributed by atoms with van der Waals surface area (Å²) in [6, 6.07) is 3.89. The quantitative estimate of drug-likeness (QED) is 0.843. The van der Waals surface area contributed by atoms with Gasteiger partial charge in [0.1, 0.15) is 12.4 Å². The molecule has 0 bridgehead atoms. The number of aliphatic hydroxyl groups is 1. The highest BCUT2D eigenvalue weighted by Gasteiger charge is 2.21. The Bertz CT molecular complexity index is 550. The molecule has 3 nitrogen and oxygen atoms in total. The molecule has 0 unspecified atom stereocenters. The molecule has 20 heavy (non-hydrogen) atoms. The zero-order valence-corrected chi connectivity index (χ0v) is 12.3. The predicted molar refractivity (Wildman–Crippen MR) is 76.8 cm³/mol. The number of nitrogens with zero attached hydrogens (tertiary/aromatic N) is 1. The number of carbonyl (C=O) groups excluding carboxylic acids is 1. The molecular weight excluding hydrogens is 257 g/mol. The average molecular weight is 277 g/mol. The van der Waals surface area contributed by atoms with Gasteiger partial charge in [-0.25, -0.2) is 4.39 Å². The molecule has 0 heterocycles. The first-order valence-electron chi connectivity index (χ1n) is 6.39. The Balaban J connectivity index is 3.11. The average Bonchev–Trinajstić information content (AvgIpc) is 2.34. The molecule has 0 fully saturated rings. The second kappa shape index (κ2) is 6.53. The lowest BCUT2D eigenvalue weighted by Gasteiger charge is -2.27. The van der Waals surface area contributed by atoms with Crippen LogP contribution in [0.1, 0.15) is 36.7 Å². The van der Waals surface area contributed by atoms with Gasteiger partial charge >= 0.3 is 0 Å². The fourth-order valence-corrected chi connectivity index (χ4v) is 1.93. The molecule has 0 saturated heterocycles. The van der Waals surface area contributed by atoms with Gasteiger partial charge in [-0.05, 0) is 23.6 Å². The van der Waals surface area contributed by atoms with E-state index in [9.17, 15) is 9.18 Å². The van der Waals surface area contributed by atoms with Crippen LogP contribution in [0.3, 0.4) is 0 Å². The van der Waals surface area contributed by atoms with E-state index in [4.69, 9.17) is 5.11 Å². The second-order valence-corrected chi connectivity index (χ2v) is 5.87. The lowest BCUT2D eigenvalue weighted by molar-refractivity contribution is 0.0745. The van der Waals surface area contributed by atoms with Crippen molar-refractivity contribution in [2.24, 2.45) is 5.41 Å². The van der Waals surface area contributed by atoms with Gasteiger partial charge < -0.3 is 10.0 Å². The molecule has 0 aliphatic heterocycles. The fourth-order valence-electron chi connectivity index (χ4n) is 1.93. The minimum Gasteiger partial charge on any atom is -0.384 e. The number of rotatable bonds is 2. The molecule has 108 valence electrons. The van der Waals surface area contributed by atoms with Gasteiger partial charge in [0.2, 0.25) is 0 Å². The molecule has 0 aliphatic carbocycles. The van der Waals surface area contributed by atoms with Crippen LogP contribution in [-0.4, -0.2) is 36.1 Å². The summed E-state index contributed by atoms with van der Waals surface area (Å²) >= 11 is 0. The Morgan fingerprint density at radius 1 is 1.40 bits per heavy atom.